The molecule has 0 aliphatic heterocycles. The van der Waals surface area contributed by atoms with Crippen LogP contribution in [-0.4, -0.2) is 24.3 Å². The molecule has 3 nitrogen and oxygen atoms in total. The lowest BCUT2D eigenvalue weighted by atomic mass is 10.4. The van der Waals surface area contributed by atoms with Crippen LogP contribution < -0.4 is 0 Å². The summed E-state index contributed by atoms with van der Waals surface area (Å²) in [6, 6.07) is 0. The van der Waals surface area contributed by atoms with Crippen LogP contribution in [0.3, 0.4) is 0 Å². The molecular formula is C6H13O3P. The van der Waals surface area contributed by atoms with Crippen molar-refractivity contribution in [2.24, 2.45) is 0 Å². The van der Waals surface area contributed by atoms with Crippen molar-refractivity contribution in [1.82, 2.24) is 0 Å². The monoisotopic (exact) mass is 164 g/mol. The zero-order valence-corrected chi connectivity index (χ0v) is 7.51. The first-order valence-electron chi connectivity index (χ1n) is 2.62. The van der Waals surface area contributed by atoms with Gasteiger partial charge in [0.15, 0.2) is 0 Å². The van der Waals surface area contributed by atoms with Crippen molar-refractivity contribution < 1.29 is 14.6 Å². The molecule has 0 aromatic rings. The van der Waals surface area contributed by atoms with Gasteiger partial charge in [-0.1, -0.05) is 6.58 Å². The van der Waals surface area contributed by atoms with Crippen molar-refractivity contribution in [2.75, 3.05) is 13.2 Å². The van der Waals surface area contributed by atoms with Gasteiger partial charge in [0.1, 0.15) is 6.61 Å². The molecule has 0 fully saturated rings. The quantitative estimate of drug-likeness (QED) is 0.367. The SMILES string of the molecule is C=C(C)C(=O)OCCO.P. The topological polar surface area (TPSA) is 46.5 Å². The summed E-state index contributed by atoms with van der Waals surface area (Å²) in [6.45, 7) is 4.81. The average Bonchev–Trinajstić information content (AvgIpc) is 1.82. The lowest BCUT2D eigenvalue weighted by molar-refractivity contribution is -0.139. The number of rotatable bonds is 3. The Hall–Kier alpha value is -0.400. The molecule has 0 saturated carbocycles. The predicted octanol–water partition coefficient (Wildman–Crippen LogP) is 0.156. The van der Waals surface area contributed by atoms with E-state index in [1.165, 1.54) is 0 Å². The van der Waals surface area contributed by atoms with Crippen LogP contribution >= 0.6 is 9.90 Å². The number of carbonyl (C=O) groups is 1. The third kappa shape index (κ3) is 5.73. The minimum atomic E-state index is -0.455. The first kappa shape index (κ1) is 12.3. The summed E-state index contributed by atoms with van der Waals surface area (Å²) in [6.07, 6.45) is 0. The molecule has 1 atom stereocenters. The third-order valence-electron chi connectivity index (χ3n) is 0.673. The molecule has 4 heteroatoms. The molecule has 0 aliphatic rings. The van der Waals surface area contributed by atoms with Crippen LogP contribution in [-0.2, 0) is 9.53 Å². The zero-order valence-electron chi connectivity index (χ0n) is 6.09. The fourth-order valence-electron chi connectivity index (χ4n) is 0.262. The molecule has 0 radical (unpaired) electrons. The number of aliphatic hydroxyl groups excluding tert-OH is 1. The molecule has 0 bridgehead atoms. The predicted molar refractivity (Wildman–Crippen MR) is 44.0 cm³/mol. The fourth-order valence-corrected chi connectivity index (χ4v) is 0.262. The van der Waals surface area contributed by atoms with E-state index in [-0.39, 0.29) is 23.1 Å². The molecule has 0 aromatic carbocycles. The fraction of sp³-hybridized carbons (Fsp3) is 0.500. The maximum absolute atomic E-state index is 10.5. The first-order valence-corrected chi connectivity index (χ1v) is 2.62. The van der Waals surface area contributed by atoms with Crippen molar-refractivity contribution in [2.45, 2.75) is 6.92 Å². The standard InChI is InChI=1S/C6H10O3.H3P/c1-5(2)6(8)9-4-3-7;/h7H,1,3-4H2,2H3;1H3. The maximum Gasteiger partial charge on any atom is 0.333 e. The van der Waals surface area contributed by atoms with E-state index in [0.717, 1.165) is 0 Å². The van der Waals surface area contributed by atoms with Gasteiger partial charge < -0.3 is 9.84 Å². The van der Waals surface area contributed by atoms with Gasteiger partial charge in [0.25, 0.3) is 0 Å². The van der Waals surface area contributed by atoms with E-state index in [0.29, 0.717) is 5.57 Å². The summed E-state index contributed by atoms with van der Waals surface area (Å²) in [7, 11) is 0. The average molecular weight is 164 g/mol. The second-order valence-corrected chi connectivity index (χ2v) is 1.64. The summed E-state index contributed by atoms with van der Waals surface area (Å²) in [5.74, 6) is -0.455. The molecule has 0 aliphatic carbocycles. The van der Waals surface area contributed by atoms with Gasteiger partial charge in [-0.05, 0) is 6.92 Å². The smallest absolute Gasteiger partial charge is 0.333 e. The van der Waals surface area contributed by atoms with Crippen LogP contribution in [0.1, 0.15) is 6.92 Å². The molecule has 1 unspecified atom stereocenters. The molecule has 0 amide bonds. The Morgan fingerprint density at radius 2 is 2.20 bits per heavy atom. The largest absolute Gasteiger partial charge is 0.460 e. The van der Waals surface area contributed by atoms with Gasteiger partial charge in [0, 0.05) is 5.57 Å². The number of ether oxygens (including phenoxy) is 1. The van der Waals surface area contributed by atoms with Crippen LogP contribution in [0.25, 0.3) is 0 Å². The van der Waals surface area contributed by atoms with Crippen molar-refractivity contribution in [3.63, 3.8) is 0 Å². The van der Waals surface area contributed by atoms with Gasteiger partial charge in [-0.25, -0.2) is 4.79 Å². The first-order chi connectivity index (χ1) is 4.18. The number of carbonyl (C=O) groups excluding carboxylic acids is 1. The molecule has 60 valence electrons. The molecule has 0 heterocycles. The van der Waals surface area contributed by atoms with Crippen molar-refractivity contribution >= 4 is 15.9 Å². The minimum Gasteiger partial charge on any atom is -0.460 e. The Morgan fingerprint density at radius 3 is 2.50 bits per heavy atom. The highest BCUT2D eigenvalue weighted by atomic mass is 31.0. The summed E-state index contributed by atoms with van der Waals surface area (Å²) < 4.78 is 4.46. The van der Waals surface area contributed by atoms with Crippen molar-refractivity contribution in [3.8, 4) is 0 Å². The van der Waals surface area contributed by atoms with E-state index in [1.54, 1.807) is 6.92 Å². The van der Waals surface area contributed by atoms with Gasteiger partial charge in [0.05, 0.1) is 6.61 Å². The van der Waals surface area contributed by atoms with E-state index in [2.05, 4.69) is 11.3 Å². The van der Waals surface area contributed by atoms with Crippen LogP contribution in [0.5, 0.6) is 0 Å². The summed E-state index contributed by atoms with van der Waals surface area (Å²) in [5, 5.41) is 8.19. The summed E-state index contributed by atoms with van der Waals surface area (Å²) in [5.41, 5.74) is 0.350. The van der Waals surface area contributed by atoms with Gasteiger partial charge in [0.2, 0.25) is 0 Å². The van der Waals surface area contributed by atoms with Gasteiger partial charge in [-0.15, -0.1) is 0 Å². The lowest BCUT2D eigenvalue weighted by Crippen LogP contribution is -2.08. The molecular weight excluding hydrogens is 151 g/mol. The second kappa shape index (κ2) is 6.72. The van der Waals surface area contributed by atoms with E-state index in [9.17, 15) is 4.79 Å². The van der Waals surface area contributed by atoms with Gasteiger partial charge in [-0.3, -0.25) is 0 Å². The van der Waals surface area contributed by atoms with E-state index < -0.39 is 5.97 Å². The van der Waals surface area contributed by atoms with E-state index >= 15 is 0 Å². The molecule has 0 rings (SSSR count). The Labute approximate surface area is 63.7 Å². The van der Waals surface area contributed by atoms with Crippen LogP contribution in [0.4, 0.5) is 0 Å². The third-order valence-corrected chi connectivity index (χ3v) is 0.673. The molecule has 1 N–H and O–H groups in total. The maximum atomic E-state index is 10.5. The summed E-state index contributed by atoms with van der Waals surface area (Å²) >= 11 is 0. The molecule has 0 aromatic heterocycles. The van der Waals surface area contributed by atoms with E-state index in [4.69, 9.17) is 5.11 Å². The highest BCUT2D eigenvalue weighted by Gasteiger charge is 1.99. The number of esters is 1. The Morgan fingerprint density at radius 1 is 1.70 bits per heavy atom. The molecule has 0 spiro atoms. The van der Waals surface area contributed by atoms with Crippen molar-refractivity contribution in [1.29, 1.82) is 0 Å². The number of hydrogen-bond acceptors (Lipinski definition) is 3. The van der Waals surface area contributed by atoms with Gasteiger partial charge in [-0.2, -0.15) is 9.90 Å². The second-order valence-electron chi connectivity index (χ2n) is 1.64. The molecule has 0 saturated heterocycles. The highest BCUT2D eigenvalue weighted by molar-refractivity contribution is 6.92. The van der Waals surface area contributed by atoms with Gasteiger partial charge >= 0.3 is 5.97 Å². The Balaban J connectivity index is 0. The van der Waals surface area contributed by atoms with E-state index in [1.807, 2.05) is 0 Å². The van der Waals surface area contributed by atoms with Crippen molar-refractivity contribution in [3.05, 3.63) is 12.2 Å². The van der Waals surface area contributed by atoms with Crippen LogP contribution in [0.2, 0.25) is 0 Å². The Kier molecular flexibility index (Phi) is 8.26. The number of hydrogen-bond donors (Lipinski definition) is 1. The lowest BCUT2D eigenvalue weighted by Gasteiger charge is -1.99. The van der Waals surface area contributed by atoms with Crippen LogP contribution in [0, 0.1) is 0 Å². The zero-order chi connectivity index (χ0) is 7.28. The minimum absolute atomic E-state index is 0. The normalized spacial score (nSPS) is 7.80. The Bertz CT molecular complexity index is 122. The van der Waals surface area contributed by atoms with Crippen LogP contribution in [0.15, 0.2) is 12.2 Å². The molecule has 10 heavy (non-hydrogen) atoms. The highest BCUT2D eigenvalue weighted by Crippen LogP contribution is 1.89. The summed E-state index contributed by atoms with van der Waals surface area (Å²) in [4.78, 5) is 10.5. The number of aliphatic hydroxyl groups is 1.